The van der Waals surface area contributed by atoms with E-state index < -0.39 is 0 Å². The van der Waals surface area contributed by atoms with Gasteiger partial charge in [-0.15, -0.1) is 0 Å². The average molecular weight is 246 g/mol. The maximum atomic E-state index is 3.12. The van der Waals surface area contributed by atoms with Crippen molar-refractivity contribution in [2.24, 2.45) is 0 Å². The molecule has 1 N–H and O–H groups in total. The van der Waals surface area contributed by atoms with Gasteiger partial charge in [0.15, 0.2) is 0 Å². The summed E-state index contributed by atoms with van der Waals surface area (Å²) in [5, 5.41) is 1.28. The number of aromatic amines is 1. The summed E-state index contributed by atoms with van der Waals surface area (Å²) in [6.45, 7) is 0. The predicted octanol–water partition coefficient (Wildman–Crippen LogP) is -1.36. The van der Waals surface area contributed by atoms with Crippen LogP contribution in [0.4, 0.5) is 0 Å². The lowest BCUT2D eigenvalue weighted by molar-refractivity contribution is -0.00000181. The Labute approximate surface area is 76.5 Å². The van der Waals surface area contributed by atoms with Gasteiger partial charge in [-0.3, -0.25) is 0 Å². The highest BCUT2D eigenvalue weighted by molar-refractivity contribution is 5.78. The molecule has 1 heterocycles. The van der Waals surface area contributed by atoms with Gasteiger partial charge in [0, 0.05) is 11.7 Å². The van der Waals surface area contributed by atoms with Crippen LogP contribution in [0.15, 0.2) is 36.5 Å². The van der Waals surface area contributed by atoms with Crippen LogP contribution >= 0.6 is 0 Å². The van der Waals surface area contributed by atoms with Crippen molar-refractivity contribution in [3.05, 3.63) is 36.5 Å². The van der Waals surface area contributed by atoms with E-state index >= 15 is 0 Å². The lowest BCUT2D eigenvalue weighted by atomic mass is 10.3. The van der Waals surface area contributed by atoms with E-state index in [0.29, 0.717) is 0 Å². The third-order valence-corrected chi connectivity index (χ3v) is 1.46. The number of hydrogen-bond donors (Lipinski definition) is 1. The van der Waals surface area contributed by atoms with Crippen molar-refractivity contribution in [3.8, 4) is 0 Å². The predicted molar refractivity (Wildman–Crippen MR) is 41.1 cm³/mol. The molecule has 2 aromatic rings. The molecule has 0 radical (unpaired) electrons. The van der Waals surface area contributed by atoms with Gasteiger partial charge in [-0.1, -0.05) is 18.2 Å². The molecule has 52 valence electrons. The molecule has 0 atom stereocenters. The molecule has 0 saturated carbocycles. The fourth-order valence-electron chi connectivity index (χ4n) is 0.995. The highest BCUT2D eigenvalue weighted by atomic mass is 127. The monoisotopic (exact) mass is 246 g/mol. The molecule has 2 rings (SSSR count). The molecule has 1 nitrogen and oxygen atoms in total. The Hall–Kier alpha value is -0.510. The quantitative estimate of drug-likeness (QED) is 0.552. The van der Waals surface area contributed by atoms with Crippen LogP contribution in [0.1, 0.15) is 0 Å². The largest absolute Gasteiger partial charge is 0.361 e. The van der Waals surface area contributed by atoms with Crippen LogP contribution in [-0.2, 0) is 0 Å². The second-order valence-electron chi connectivity index (χ2n) is 2.06. The van der Waals surface area contributed by atoms with Crippen molar-refractivity contribution in [3.63, 3.8) is 0 Å². The number of rotatable bonds is 0. The van der Waals surface area contributed by atoms with E-state index in [1.807, 2.05) is 18.3 Å². The molecule has 1 aromatic carbocycles. The Morgan fingerprint density at radius 1 is 1.00 bits per heavy atom. The summed E-state index contributed by atoms with van der Waals surface area (Å²) < 4.78 is 0. The van der Waals surface area contributed by atoms with E-state index in [2.05, 4.69) is 23.2 Å². The lowest BCUT2D eigenvalue weighted by Gasteiger charge is -1.83. The second kappa shape index (κ2) is 3.05. The van der Waals surface area contributed by atoms with E-state index in [1.165, 1.54) is 10.9 Å². The van der Waals surface area contributed by atoms with Gasteiger partial charge in [-0.05, 0) is 17.5 Å². The number of aromatic nitrogens is 1. The topological polar surface area (TPSA) is 15.8 Å². The van der Waals surface area contributed by atoms with Gasteiger partial charge in [0.1, 0.15) is 0 Å². The van der Waals surface area contributed by atoms with Gasteiger partial charge in [0.05, 0.1) is 0 Å². The van der Waals surface area contributed by atoms with Crippen LogP contribution in [0.3, 0.4) is 0 Å². The lowest BCUT2D eigenvalue weighted by Crippen LogP contribution is -3.00. The maximum Gasteiger partial charge on any atom is 0.235 e. The molecule has 0 fully saturated rings. The third-order valence-electron chi connectivity index (χ3n) is 1.46. The summed E-state index contributed by atoms with van der Waals surface area (Å²) in [6.07, 6.45) is 1.95. The van der Waals surface area contributed by atoms with Crippen LogP contribution in [0.25, 0.3) is 10.9 Å². The van der Waals surface area contributed by atoms with Gasteiger partial charge < -0.3 is 4.98 Å². The molecule has 10 heavy (non-hydrogen) atoms. The zero-order valence-corrected chi connectivity index (χ0v) is 7.96. The van der Waals surface area contributed by atoms with Crippen LogP contribution < -0.4 is 24.0 Å². The van der Waals surface area contributed by atoms with E-state index in [9.17, 15) is 0 Å². The van der Waals surface area contributed by atoms with Crippen molar-refractivity contribution < 1.29 is 24.0 Å². The van der Waals surface area contributed by atoms with Crippen LogP contribution in [0, 0.1) is 0 Å². The zero-order valence-electron chi connectivity index (χ0n) is 5.41. The Kier molecular flexibility index (Phi) is 2.32. The van der Waals surface area contributed by atoms with E-state index in [1.54, 1.807) is 0 Å². The van der Waals surface area contributed by atoms with Crippen molar-refractivity contribution in [2.75, 3.05) is 0 Å². The van der Waals surface area contributed by atoms with Gasteiger partial charge in [-0.25, -0.2) is 0 Å². The third kappa shape index (κ3) is 1.16. The summed E-state index contributed by atoms with van der Waals surface area (Å²) >= 11 is 0. The number of fused-ring (bicyclic) bond motifs is 1. The molecular formula is C8H9IN+. The Bertz CT molecular complexity index is 283. The normalized spacial score (nSPS) is 9.20. The number of halogens is 1. The van der Waals surface area contributed by atoms with Crippen molar-refractivity contribution in [1.29, 1.82) is 0 Å². The Morgan fingerprint density at radius 2 is 1.80 bits per heavy atom. The van der Waals surface area contributed by atoms with Crippen molar-refractivity contribution in [1.82, 2.24) is 4.98 Å². The molecule has 1 aromatic heterocycles. The van der Waals surface area contributed by atoms with Crippen molar-refractivity contribution >= 4 is 10.9 Å². The van der Waals surface area contributed by atoms with E-state index in [4.69, 9.17) is 0 Å². The minimum atomic E-state index is 0. The summed E-state index contributed by atoms with van der Waals surface area (Å²) in [7, 11) is 0. The molecule has 0 saturated heterocycles. The second-order valence-corrected chi connectivity index (χ2v) is 2.06. The fraction of sp³-hybridized carbons (Fsp3) is 0. The van der Waals surface area contributed by atoms with Crippen LogP contribution in [-0.4, -0.2) is 4.98 Å². The molecular weight excluding hydrogens is 237 g/mol. The average Bonchev–Trinajstić information content (AvgIpc) is 2.33. The number of benzene rings is 1. The fourth-order valence-corrected chi connectivity index (χ4v) is 0.995. The summed E-state index contributed by atoms with van der Waals surface area (Å²) in [6, 6.07) is 10.3. The molecule has 0 amide bonds. The highest BCUT2D eigenvalue weighted by Crippen LogP contribution is 2.09. The van der Waals surface area contributed by atoms with Crippen LogP contribution in [0.5, 0.6) is 0 Å². The Morgan fingerprint density at radius 3 is 2.60 bits per heavy atom. The minimum absolute atomic E-state index is 0. The molecule has 0 unspecified atom stereocenters. The van der Waals surface area contributed by atoms with Gasteiger partial charge >= 0.3 is 0 Å². The first-order valence-corrected chi connectivity index (χ1v) is 2.99. The minimum Gasteiger partial charge on any atom is -0.361 e. The summed E-state index contributed by atoms with van der Waals surface area (Å²) in [5.74, 6) is 0. The Balaban J connectivity index is 0.000000500. The number of H-pyrrole nitrogens is 1. The first-order valence-electron chi connectivity index (χ1n) is 2.99. The van der Waals surface area contributed by atoms with Crippen LogP contribution in [0.2, 0.25) is 0 Å². The van der Waals surface area contributed by atoms with Gasteiger partial charge in [-0.2, -0.15) is 0 Å². The SMILES string of the molecule is [IH2+].c1ccc2[nH]ccc2c1. The number of hydrogen-bond acceptors (Lipinski definition) is 0. The van der Waals surface area contributed by atoms with E-state index in [0.717, 1.165) is 0 Å². The maximum absolute atomic E-state index is 3.12. The van der Waals surface area contributed by atoms with E-state index in [-0.39, 0.29) is 24.0 Å². The first-order chi connectivity index (χ1) is 4.47. The molecule has 0 aliphatic carbocycles. The van der Waals surface area contributed by atoms with Crippen molar-refractivity contribution in [2.45, 2.75) is 0 Å². The first kappa shape index (κ1) is 7.60. The standard InChI is InChI=1S/C8H7N.H2I/c1-2-4-8-7(3-1)5-6-9-8;/h1-6,9H;1H2/q;+1. The zero-order chi connectivity index (χ0) is 6.10. The number of nitrogens with one attached hydrogen (secondary N) is 1. The smallest absolute Gasteiger partial charge is 0.235 e. The highest BCUT2D eigenvalue weighted by Gasteiger charge is 1.86. The summed E-state index contributed by atoms with van der Waals surface area (Å²) in [4.78, 5) is 3.12. The number of para-hydroxylation sites is 1. The molecule has 0 bridgehead atoms. The molecule has 0 spiro atoms. The van der Waals surface area contributed by atoms with Gasteiger partial charge in [0.25, 0.3) is 0 Å². The molecule has 2 heteroatoms. The molecule has 0 aliphatic rings. The van der Waals surface area contributed by atoms with Gasteiger partial charge in [0.2, 0.25) is 24.0 Å². The molecule has 0 aliphatic heterocycles. The summed E-state index contributed by atoms with van der Waals surface area (Å²) in [5.41, 5.74) is 1.21.